The van der Waals surface area contributed by atoms with Crippen LogP contribution >= 0.6 is 23.8 Å². The van der Waals surface area contributed by atoms with E-state index in [1.807, 2.05) is 11.9 Å². The summed E-state index contributed by atoms with van der Waals surface area (Å²) in [6.07, 6.45) is 0. The van der Waals surface area contributed by atoms with E-state index in [1.54, 1.807) is 42.5 Å². The summed E-state index contributed by atoms with van der Waals surface area (Å²) in [5, 5.41) is 1.00. The van der Waals surface area contributed by atoms with E-state index in [1.165, 1.54) is 4.57 Å². The fourth-order valence-electron chi connectivity index (χ4n) is 3.39. The number of hydrogen-bond acceptors (Lipinski definition) is 4. The van der Waals surface area contributed by atoms with E-state index in [9.17, 15) is 9.59 Å². The molecule has 2 heterocycles. The number of benzene rings is 2. The first kappa shape index (κ1) is 18.9. The second-order valence-electron chi connectivity index (χ2n) is 6.91. The van der Waals surface area contributed by atoms with Gasteiger partial charge < -0.3 is 14.8 Å². The maximum Gasteiger partial charge on any atom is 0.266 e. The van der Waals surface area contributed by atoms with Crippen molar-refractivity contribution in [2.45, 2.75) is 0 Å². The zero-order valence-corrected chi connectivity index (χ0v) is 16.9. The van der Waals surface area contributed by atoms with Gasteiger partial charge in [-0.05, 0) is 55.7 Å². The van der Waals surface area contributed by atoms with Crippen LogP contribution in [0.15, 0.2) is 47.3 Å². The van der Waals surface area contributed by atoms with Gasteiger partial charge in [-0.25, -0.2) is 0 Å². The maximum absolute atomic E-state index is 13.0. The van der Waals surface area contributed by atoms with Gasteiger partial charge in [-0.2, -0.15) is 0 Å². The molecule has 0 saturated carbocycles. The third-order valence-electron chi connectivity index (χ3n) is 5.00. The minimum absolute atomic E-state index is 0.0366. The van der Waals surface area contributed by atoms with Crippen LogP contribution in [0.4, 0.5) is 0 Å². The largest absolute Gasteiger partial charge is 0.336 e. The fraction of sp³-hybridized carbons (Fsp3) is 0.250. The molecule has 144 valence electrons. The average Bonchev–Trinajstić information content (AvgIpc) is 2.68. The van der Waals surface area contributed by atoms with Crippen molar-refractivity contribution in [1.82, 2.24) is 19.4 Å². The number of nitrogens with one attached hydrogen (secondary N) is 1. The zero-order chi connectivity index (χ0) is 19.8. The fourth-order valence-corrected chi connectivity index (χ4v) is 3.87. The molecule has 2 aromatic carbocycles. The number of hydrogen-bond donors (Lipinski definition) is 1. The molecule has 1 aliphatic rings. The van der Waals surface area contributed by atoms with Gasteiger partial charge in [0, 0.05) is 36.8 Å². The van der Waals surface area contributed by atoms with E-state index >= 15 is 0 Å². The van der Waals surface area contributed by atoms with Crippen molar-refractivity contribution in [3.05, 3.63) is 68.2 Å². The monoisotopic (exact) mass is 414 g/mol. The minimum atomic E-state index is -0.250. The second kappa shape index (κ2) is 7.50. The highest BCUT2D eigenvalue weighted by Crippen LogP contribution is 2.17. The number of halogens is 1. The van der Waals surface area contributed by atoms with E-state index in [2.05, 4.69) is 9.88 Å². The van der Waals surface area contributed by atoms with Crippen LogP contribution in [-0.4, -0.2) is 58.5 Å². The lowest BCUT2D eigenvalue weighted by molar-refractivity contribution is 0.0664. The van der Waals surface area contributed by atoms with Gasteiger partial charge >= 0.3 is 0 Å². The first-order valence-corrected chi connectivity index (χ1v) is 9.75. The van der Waals surface area contributed by atoms with Crippen molar-refractivity contribution in [2.75, 3.05) is 33.2 Å². The topological polar surface area (TPSA) is 61.3 Å². The molecule has 6 nitrogen and oxygen atoms in total. The predicted octanol–water partition coefficient (Wildman–Crippen LogP) is 3.09. The molecule has 28 heavy (non-hydrogen) atoms. The molecule has 0 bridgehead atoms. The minimum Gasteiger partial charge on any atom is -0.336 e. The third-order valence-corrected chi connectivity index (χ3v) is 5.52. The quantitative estimate of drug-likeness (QED) is 0.654. The van der Waals surface area contributed by atoms with Gasteiger partial charge in [0.05, 0.1) is 16.6 Å². The summed E-state index contributed by atoms with van der Waals surface area (Å²) in [6, 6.07) is 12.0. The molecule has 0 radical (unpaired) electrons. The predicted molar refractivity (Wildman–Crippen MR) is 113 cm³/mol. The van der Waals surface area contributed by atoms with Crippen LogP contribution in [0.2, 0.25) is 5.02 Å². The molecule has 1 N–H and O–H groups in total. The van der Waals surface area contributed by atoms with Crippen LogP contribution in [-0.2, 0) is 0 Å². The van der Waals surface area contributed by atoms with Gasteiger partial charge in [-0.3, -0.25) is 14.2 Å². The molecule has 0 aliphatic carbocycles. The molecule has 0 atom stereocenters. The standard InChI is InChI=1S/C20H19ClN4O2S/c1-23-7-9-24(10-8-23)18(26)13-3-2-4-15(11-13)25-19(27)16-6-5-14(21)12-17(16)22-20(25)28/h2-6,11-12H,7-10H2,1H3,(H,22,28). The van der Waals surface area contributed by atoms with Crippen molar-refractivity contribution < 1.29 is 4.79 Å². The molecular weight excluding hydrogens is 396 g/mol. The molecule has 1 fully saturated rings. The lowest BCUT2D eigenvalue weighted by atomic mass is 10.1. The molecule has 1 aliphatic heterocycles. The van der Waals surface area contributed by atoms with E-state index in [4.69, 9.17) is 23.8 Å². The molecule has 0 spiro atoms. The summed E-state index contributed by atoms with van der Waals surface area (Å²) < 4.78 is 1.66. The summed E-state index contributed by atoms with van der Waals surface area (Å²) in [6.45, 7) is 3.08. The molecule has 1 aromatic heterocycles. The van der Waals surface area contributed by atoms with E-state index in [0.717, 1.165) is 13.1 Å². The smallest absolute Gasteiger partial charge is 0.266 e. The van der Waals surface area contributed by atoms with Gasteiger partial charge in [-0.1, -0.05) is 17.7 Å². The Morgan fingerprint density at radius 1 is 1.11 bits per heavy atom. The number of nitrogens with zero attached hydrogens (tertiary/aromatic N) is 3. The molecule has 3 aromatic rings. The number of H-pyrrole nitrogens is 1. The number of aromatic nitrogens is 2. The summed E-state index contributed by atoms with van der Waals surface area (Å²) in [4.78, 5) is 33.0. The molecule has 4 rings (SSSR count). The number of carbonyl (C=O) groups is 1. The van der Waals surface area contributed by atoms with Gasteiger partial charge in [0.25, 0.3) is 11.5 Å². The zero-order valence-electron chi connectivity index (χ0n) is 15.3. The molecule has 8 heteroatoms. The van der Waals surface area contributed by atoms with Crippen LogP contribution in [0.25, 0.3) is 16.6 Å². The van der Waals surface area contributed by atoms with Gasteiger partial charge in [0.15, 0.2) is 4.77 Å². The Balaban J connectivity index is 1.76. The van der Waals surface area contributed by atoms with Crippen LogP contribution in [0.3, 0.4) is 0 Å². The highest BCUT2D eigenvalue weighted by Gasteiger charge is 2.21. The van der Waals surface area contributed by atoms with E-state index in [-0.39, 0.29) is 16.2 Å². The molecule has 1 saturated heterocycles. The Labute approximate surface area is 172 Å². The molecule has 1 amide bonds. The number of rotatable bonds is 2. The maximum atomic E-state index is 13.0. The van der Waals surface area contributed by atoms with Crippen molar-refractivity contribution in [3.63, 3.8) is 0 Å². The van der Waals surface area contributed by atoms with E-state index in [0.29, 0.717) is 40.3 Å². The first-order chi connectivity index (χ1) is 13.4. The lowest BCUT2D eigenvalue weighted by Crippen LogP contribution is -2.47. The van der Waals surface area contributed by atoms with Gasteiger partial charge in [-0.15, -0.1) is 0 Å². The summed E-state index contributed by atoms with van der Waals surface area (Å²) >= 11 is 11.4. The van der Waals surface area contributed by atoms with Gasteiger partial charge in [0.1, 0.15) is 0 Å². The second-order valence-corrected chi connectivity index (χ2v) is 7.73. The van der Waals surface area contributed by atoms with Crippen molar-refractivity contribution in [3.8, 4) is 5.69 Å². The summed E-state index contributed by atoms with van der Waals surface area (Å²) in [7, 11) is 2.05. The number of aromatic amines is 1. The first-order valence-electron chi connectivity index (χ1n) is 8.97. The van der Waals surface area contributed by atoms with Crippen molar-refractivity contribution in [2.24, 2.45) is 0 Å². The van der Waals surface area contributed by atoms with Gasteiger partial charge in [0.2, 0.25) is 0 Å². The molecule has 0 unspecified atom stereocenters. The summed E-state index contributed by atoms with van der Waals surface area (Å²) in [5.74, 6) is -0.0366. The number of carbonyl (C=O) groups excluding carboxylic acids is 1. The number of likely N-dealkylation sites (N-methyl/N-ethyl adjacent to an activating group) is 1. The highest BCUT2D eigenvalue weighted by molar-refractivity contribution is 7.71. The summed E-state index contributed by atoms with van der Waals surface area (Å²) in [5.41, 5.74) is 1.44. The number of fused-ring (bicyclic) bond motifs is 1. The van der Waals surface area contributed by atoms with Crippen LogP contribution in [0.5, 0.6) is 0 Å². The lowest BCUT2D eigenvalue weighted by Gasteiger charge is -2.32. The van der Waals surface area contributed by atoms with E-state index < -0.39 is 0 Å². The Kier molecular flexibility index (Phi) is 5.05. The van der Waals surface area contributed by atoms with Crippen molar-refractivity contribution >= 4 is 40.6 Å². The highest BCUT2D eigenvalue weighted by atomic mass is 35.5. The Bertz CT molecular complexity index is 1180. The van der Waals surface area contributed by atoms with Crippen LogP contribution < -0.4 is 5.56 Å². The molecular formula is C20H19ClN4O2S. The SMILES string of the molecule is CN1CCN(C(=O)c2cccc(-n3c(=S)[nH]c4cc(Cl)ccc4c3=O)c2)CC1. The normalized spacial score (nSPS) is 15.1. The average molecular weight is 415 g/mol. The Morgan fingerprint density at radius 3 is 2.61 bits per heavy atom. The Hall–Kier alpha value is -2.48. The van der Waals surface area contributed by atoms with Crippen LogP contribution in [0.1, 0.15) is 10.4 Å². The number of amides is 1. The third kappa shape index (κ3) is 3.48. The Morgan fingerprint density at radius 2 is 1.86 bits per heavy atom. The van der Waals surface area contributed by atoms with Crippen molar-refractivity contribution in [1.29, 1.82) is 0 Å². The number of piperazine rings is 1. The van der Waals surface area contributed by atoms with Crippen LogP contribution in [0, 0.1) is 4.77 Å².